The second-order valence-electron chi connectivity index (χ2n) is 8.35. The predicted octanol–water partition coefficient (Wildman–Crippen LogP) is 1.52. The Labute approximate surface area is 152 Å². The fourth-order valence-corrected chi connectivity index (χ4v) is 3.85. The largest absolute Gasteiger partial charge is 0.378 e. The van der Waals surface area contributed by atoms with E-state index in [-0.39, 0.29) is 29.6 Å². The zero-order chi connectivity index (χ0) is 18.7. The zero-order valence-electron chi connectivity index (χ0n) is 16.6. The van der Waals surface area contributed by atoms with Gasteiger partial charge in [-0.15, -0.1) is 0 Å². The van der Waals surface area contributed by atoms with Crippen LogP contribution in [0.3, 0.4) is 0 Å². The summed E-state index contributed by atoms with van der Waals surface area (Å²) < 4.78 is 11.3. The van der Waals surface area contributed by atoms with E-state index < -0.39 is 5.54 Å². The number of hydrogen-bond donors (Lipinski definition) is 2. The Morgan fingerprint density at radius 2 is 1.96 bits per heavy atom. The molecule has 1 saturated carbocycles. The minimum atomic E-state index is -0.824. The average Bonchev–Trinajstić information content (AvgIpc) is 2.55. The summed E-state index contributed by atoms with van der Waals surface area (Å²) in [6, 6.07) is 0.220. The van der Waals surface area contributed by atoms with E-state index in [1.54, 1.807) is 0 Å². The van der Waals surface area contributed by atoms with Crippen molar-refractivity contribution in [3.63, 3.8) is 0 Å². The number of hydrogen-bond acceptors (Lipinski definition) is 5. The van der Waals surface area contributed by atoms with E-state index in [9.17, 15) is 4.79 Å². The minimum Gasteiger partial charge on any atom is -0.378 e. The number of amides is 1. The molecule has 1 amide bonds. The molecule has 2 fully saturated rings. The first-order valence-electron chi connectivity index (χ1n) is 9.76. The molecule has 1 saturated heterocycles. The molecule has 2 aliphatic rings. The molecular weight excluding hydrogens is 318 g/mol. The molecular formula is C19H37N3O3. The summed E-state index contributed by atoms with van der Waals surface area (Å²) in [5, 5.41) is 3.20. The van der Waals surface area contributed by atoms with Crippen LogP contribution in [0, 0.1) is 5.41 Å². The molecule has 2 atom stereocenters. The van der Waals surface area contributed by atoms with Gasteiger partial charge in [-0.2, -0.15) is 0 Å². The third kappa shape index (κ3) is 4.54. The van der Waals surface area contributed by atoms with Crippen LogP contribution in [0.25, 0.3) is 0 Å². The van der Waals surface area contributed by atoms with Crippen LogP contribution < -0.4 is 11.1 Å². The molecule has 3 N–H and O–H groups in total. The molecule has 0 radical (unpaired) electrons. The van der Waals surface area contributed by atoms with Crippen molar-refractivity contribution in [1.29, 1.82) is 0 Å². The van der Waals surface area contributed by atoms with E-state index in [1.807, 2.05) is 20.8 Å². The topological polar surface area (TPSA) is 76.8 Å². The second kappa shape index (κ2) is 8.33. The van der Waals surface area contributed by atoms with Crippen molar-refractivity contribution in [3.05, 3.63) is 0 Å². The fourth-order valence-electron chi connectivity index (χ4n) is 3.85. The number of nitrogens with zero attached hydrogens (tertiary/aromatic N) is 1. The van der Waals surface area contributed by atoms with E-state index in [2.05, 4.69) is 24.1 Å². The molecule has 1 heterocycles. The Morgan fingerprint density at radius 3 is 2.48 bits per heavy atom. The number of likely N-dealkylation sites (tertiary alicyclic amines) is 1. The quantitative estimate of drug-likeness (QED) is 0.690. The van der Waals surface area contributed by atoms with Gasteiger partial charge in [0.25, 0.3) is 0 Å². The maximum Gasteiger partial charge on any atom is 0.241 e. The van der Waals surface area contributed by atoms with Crippen molar-refractivity contribution >= 4 is 5.91 Å². The monoisotopic (exact) mass is 355 g/mol. The lowest BCUT2D eigenvalue weighted by molar-refractivity contribution is -0.171. The van der Waals surface area contributed by atoms with Gasteiger partial charge in [-0.1, -0.05) is 13.8 Å². The van der Waals surface area contributed by atoms with Gasteiger partial charge in [0.1, 0.15) is 5.54 Å². The first-order valence-corrected chi connectivity index (χ1v) is 9.76. The van der Waals surface area contributed by atoms with Gasteiger partial charge in [-0.3, -0.25) is 4.79 Å². The highest BCUT2D eigenvalue weighted by molar-refractivity contribution is 5.89. The molecule has 25 heavy (non-hydrogen) atoms. The molecule has 0 aromatic rings. The average molecular weight is 356 g/mol. The molecule has 0 bridgehead atoms. The van der Waals surface area contributed by atoms with Gasteiger partial charge in [0.2, 0.25) is 5.91 Å². The van der Waals surface area contributed by atoms with Crippen LogP contribution in [0.5, 0.6) is 0 Å². The summed E-state index contributed by atoms with van der Waals surface area (Å²) in [6.45, 7) is 14.5. The van der Waals surface area contributed by atoms with Crippen molar-refractivity contribution in [2.75, 3.05) is 32.8 Å². The van der Waals surface area contributed by atoms with Crippen LogP contribution in [0.1, 0.15) is 53.9 Å². The Bertz CT molecular complexity index is 447. The molecule has 0 spiro atoms. The number of ether oxygens (including phenoxy) is 2. The second-order valence-corrected chi connectivity index (χ2v) is 8.35. The summed E-state index contributed by atoms with van der Waals surface area (Å²) in [4.78, 5) is 15.2. The van der Waals surface area contributed by atoms with Gasteiger partial charge in [0, 0.05) is 44.1 Å². The number of piperidine rings is 1. The zero-order valence-corrected chi connectivity index (χ0v) is 16.6. The Balaban J connectivity index is 1.75. The first kappa shape index (κ1) is 20.6. The first-order chi connectivity index (χ1) is 11.7. The van der Waals surface area contributed by atoms with E-state index in [1.165, 1.54) is 0 Å². The fraction of sp³-hybridized carbons (Fsp3) is 0.947. The summed E-state index contributed by atoms with van der Waals surface area (Å²) in [5.41, 5.74) is 5.31. The number of nitrogens with two attached hydrogens (primary N) is 1. The predicted molar refractivity (Wildman–Crippen MR) is 99.4 cm³/mol. The minimum absolute atomic E-state index is 0.0185. The van der Waals surface area contributed by atoms with E-state index >= 15 is 0 Å². The third-order valence-electron chi connectivity index (χ3n) is 6.02. The molecule has 146 valence electrons. The van der Waals surface area contributed by atoms with E-state index in [4.69, 9.17) is 15.2 Å². The summed E-state index contributed by atoms with van der Waals surface area (Å²) in [6.07, 6.45) is 2.89. The van der Waals surface area contributed by atoms with E-state index in [0.717, 1.165) is 39.1 Å². The van der Waals surface area contributed by atoms with Crippen molar-refractivity contribution < 1.29 is 14.3 Å². The van der Waals surface area contributed by atoms with Crippen LogP contribution in [0.15, 0.2) is 0 Å². The lowest BCUT2D eigenvalue weighted by Gasteiger charge is -2.57. The van der Waals surface area contributed by atoms with Crippen molar-refractivity contribution in [2.45, 2.75) is 77.7 Å². The van der Waals surface area contributed by atoms with Crippen molar-refractivity contribution in [1.82, 2.24) is 10.2 Å². The van der Waals surface area contributed by atoms with Crippen LogP contribution in [0.4, 0.5) is 0 Å². The summed E-state index contributed by atoms with van der Waals surface area (Å²) >= 11 is 0. The van der Waals surface area contributed by atoms with Crippen LogP contribution in [0.2, 0.25) is 0 Å². The van der Waals surface area contributed by atoms with Crippen LogP contribution in [-0.2, 0) is 14.3 Å². The summed E-state index contributed by atoms with van der Waals surface area (Å²) in [7, 11) is 0. The highest BCUT2D eigenvalue weighted by Gasteiger charge is 2.63. The molecule has 6 nitrogen and oxygen atoms in total. The number of carbonyl (C=O) groups is 1. The Kier molecular flexibility index (Phi) is 6.87. The smallest absolute Gasteiger partial charge is 0.241 e. The van der Waals surface area contributed by atoms with Crippen LogP contribution >= 0.6 is 0 Å². The molecule has 1 aliphatic carbocycles. The van der Waals surface area contributed by atoms with Gasteiger partial charge in [-0.25, -0.2) is 0 Å². The highest BCUT2D eigenvalue weighted by atomic mass is 16.5. The Morgan fingerprint density at radius 1 is 1.32 bits per heavy atom. The number of rotatable bonds is 8. The maximum absolute atomic E-state index is 12.8. The molecule has 2 unspecified atom stereocenters. The van der Waals surface area contributed by atoms with Gasteiger partial charge >= 0.3 is 0 Å². The third-order valence-corrected chi connectivity index (χ3v) is 6.02. The van der Waals surface area contributed by atoms with Gasteiger partial charge in [-0.05, 0) is 33.6 Å². The standard InChI is InChI=1S/C19H37N3O3/c1-6-24-16-13-19(20,18(16,4)5)17(23)21-15-7-9-22(10-8-15)11-12-25-14(2)3/h14-16H,6-13,20H2,1-5H3,(H,21,23). The SMILES string of the molecule is CCOC1CC(N)(C(=O)NC2CCN(CCOC(C)C)CC2)C1(C)C. The normalized spacial score (nSPS) is 30.3. The number of carbonyl (C=O) groups excluding carboxylic acids is 1. The Hall–Kier alpha value is -0.690. The van der Waals surface area contributed by atoms with Gasteiger partial charge in [0.15, 0.2) is 0 Å². The maximum atomic E-state index is 12.8. The lowest BCUT2D eigenvalue weighted by atomic mass is 9.54. The van der Waals surface area contributed by atoms with E-state index in [0.29, 0.717) is 13.0 Å². The number of nitrogens with one attached hydrogen (secondary N) is 1. The molecule has 2 rings (SSSR count). The lowest BCUT2D eigenvalue weighted by Crippen LogP contribution is -2.76. The molecule has 1 aliphatic heterocycles. The van der Waals surface area contributed by atoms with Crippen molar-refractivity contribution in [3.8, 4) is 0 Å². The highest BCUT2D eigenvalue weighted by Crippen LogP contribution is 2.49. The van der Waals surface area contributed by atoms with Crippen LogP contribution in [-0.4, -0.2) is 67.4 Å². The van der Waals surface area contributed by atoms with Crippen molar-refractivity contribution in [2.24, 2.45) is 11.1 Å². The van der Waals surface area contributed by atoms with Gasteiger partial charge in [0.05, 0.1) is 18.8 Å². The molecule has 6 heteroatoms. The molecule has 0 aromatic heterocycles. The summed E-state index contributed by atoms with van der Waals surface area (Å²) in [5.74, 6) is -0.0185. The molecule has 0 aromatic carbocycles. The van der Waals surface area contributed by atoms with Gasteiger partial charge < -0.3 is 25.4 Å².